The fourth-order valence-corrected chi connectivity index (χ4v) is 2.43. The second-order valence-electron chi connectivity index (χ2n) is 3.82. The van der Waals surface area contributed by atoms with E-state index in [0.717, 1.165) is 22.0 Å². The molecule has 1 aromatic heterocycles. The zero-order valence-corrected chi connectivity index (χ0v) is 11.0. The minimum Gasteiger partial charge on any atom is -0.494 e. The Morgan fingerprint density at radius 1 is 1.39 bits per heavy atom. The van der Waals surface area contributed by atoms with Gasteiger partial charge in [0, 0.05) is 10.9 Å². The van der Waals surface area contributed by atoms with E-state index in [4.69, 9.17) is 15.6 Å². The van der Waals surface area contributed by atoms with Crippen molar-refractivity contribution in [3.63, 3.8) is 0 Å². The average Bonchev–Trinajstić information content (AvgIpc) is 2.89. The number of rotatable bonds is 5. The molecule has 0 saturated carbocycles. The van der Waals surface area contributed by atoms with Crippen LogP contribution in [0.25, 0.3) is 10.6 Å². The number of aliphatic hydroxyl groups is 1. The van der Waals surface area contributed by atoms with Crippen LogP contribution in [0.3, 0.4) is 0 Å². The Balaban J connectivity index is 2.18. The summed E-state index contributed by atoms with van der Waals surface area (Å²) in [5.74, 6) is 0.852. The molecule has 1 atom stereocenters. The van der Waals surface area contributed by atoms with Crippen molar-refractivity contribution < 1.29 is 9.84 Å². The molecule has 1 heterocycles. The molecule has 0 aliphatic carbocycles. The number of aromatic nitrogens is 1. The van der Waals surface area contributed by atoms with Crippen LogP contribution in [0.2, 0.25) is 0 Å². The van der Waals surface area contributed by atoms with Crippen molar-refractivity contribution in [2.45, 2.75) is 13.0 Å². The summed E-state index contributed by atoms with van der Waals surface area (Å²) in [7, 11) is 0. The molecule has 4 nitrogen and oxygen atoms in total. The maximum Gasteiger partial charge on any atom is 0.123 e. The van der Waals surface area contributed by atoms with Gasteiger partial charge >= 0.3 is 0 Å². The van der Waals surface area contributed by atoms with E-state index < -0.39 is 6.04 Å². The number of thiazole rings is 1. The van der Waals surface area contributed by atoms with Crippen molar-refractivity contribution >= 4 is 11.3 Å². The molecule has 18 heavy (non-hydrogen) atoms. The smallest absolute Gasteiger partial charge is 0.123 e. The lowest BCUT2D eigenvalue weighted by molar-refractivity contribution is 0.266. The lowest BCUT2D eigenvalue weighted by Gasteiger charge is -2.04. The zero-order valence-electron chi connectivity index (χ0n) is 10.2. The SMILES string of the molecule is CCOc1ccc(-c2nc(C(N)CO)cs2)cc1. The number of nitrogens with zero attached hydrogens (tertiary/aromatic N) is 1. The third-order valence-corrected chi connectivity index (χ3v) is 3.42. The minimum absolute atomic E-state index is 0.0908. The summed E-state index contributed by atoms with van der Waals surface area (Å²) < 4.78 is 5.39. The first-order valence-corrected chi connectivity index (χ1v) is 6.67. The molecule has 0 bridgehead atoms. The van der Waals surface area contributed by atoms with Gasteiger partial charge in [0.05, 0.1) is 24.9 Å². The summed E-state index contributed by atoms with van der Waals surface area (Å²) in [6.07, 6.45) is 0. The summed E-state index contributed by atoms with van der Waals surface area (Å²) in [6.45, 7) is 2.52. The molecule has 0 radical (unpaired) electrons. The summed E-state index contributed by atoms with van der Waals surface area (Å²) in [4.78, 5) is 4.42. The van der Waals surface area contributed by atoms with Crippen molar-refractivity contribution in [2.75, 3.05) is 13.2 Å². The Kier molecular flexibility index (Phi) is 4.30. The fourth-order valence-electron chi connectivity index (χ4n) is 1.54. The predicted octanol–water partition coefficient (Wildman–Crippen LogP) is 2.20. The second kappa shape index (κ2) is 5.95. The topological polar surface area (TPSA) is 68.4 Å². The molecule has 2 aromatic rings. The molecule has 0 aliphatic rings. The second-order valence-corrected chi connectivity index (χ2v) is 4.68. The van der Waals surface area contributed by atoms with Crippen LogP contribution >= 0.6 is 11.3 Å². The standard InChI is InChI=1S/C13H16N2O2S/c1-2-17-10-5-3-9(4-6-10)13-15-12(8-18-13)11(14)7-16/h3-6,8,11,16H,2,7,14H2,1H3. The summed E-state index contributed by atoms with van der Waals surface area (Å²) >= 11 is 1.52. The van der Waals surface area contributed by atoms with Crippen LogP contribution in [0.5, 0.6) is 5.75 Å². The Morgan fingerprint density at radius 3 is 2.72 bits per heavy atom. The molecular formula is C13H16N2O2S. The van der Waals surface area contributed by atoms with E-state index in [1.165, 1.54) is 11.3 Å². The molecule has 1 aromatic carbocycles. The van der Waals surface area contributed by atoms with Gasteiger partial charge in [0.2, 0.25) is 0 Å². The molecule has 0 spiro atoms. The Morgan fingerprint density at radius 2 is 2.11 bits per heavy atom. The van der Waals surface area contributed by atoms with Gasteiger partial charge < -0.3 is 15.6 Å². The quantitative estimate of drug-likeness (QED) is 0.868. The van der Waals surface area contributed by atoms with E-state index in [0.29, 0.717) is 6.61 Å². The maximum atomic E-state index is 8.99. The van der Waals surface area contributed by atoms with Gasteiger partial charge in [-0.25, -0.2) is 4.98 Å². The van der Waals surface area contributed by atoms with Crippen LogP contribution in [0.4, 0.5) is 0 Å². The highest BCUT2D eigenvalue weighted by molar-refractivity contribution is 7.13. The van der Waals surface area contributed by atoms with Gasteiger partial charge in [-0.15, -0.1) is 11.3 Å². The molecule has 0 fully saturated rings. The molecule has 96 valence electrons. The average molecular weight is 264 g/mol. The van der Waals surface area contributed by atoms with E-state index in [1.54, 1.807) is 0 Å². The van der Waals surface area contributed by atoms with E-state index in [2.05, 4.69) is 4.98 Å². The highest BCUT2D eigenvalue weighted by Gasteiger charge is 2.10. The van der Waals surface area contributed by atoms with Gasteiger partial charge in [-0.2, -0.15) is 0 Å². The van der Waals surface area contributed by atoms with Crippen LogP contribution in [0.1, 0.15) is 18.7 Å². The first kappa shape index (κ1) is 13.0. The monoisotopic (exact) mass is 264 g/mol. The van der Waals surface area contributed by atoms with Crippen molar-refractivity contribution in [3.05, 3.63) is 35.3 Å². The van der Waals surface area contributed by atoms with Crippen LogP contribution in [-0.2, 0) is 0 Å². The summed E-state index contributed by atoms with van der Waals surface area (Å²) in [5, 5.41) is 11.8. The van der Waals surface area contributed by atoms with Crippen LogP contribution < -0.4 is 10.5 Å². The molecule has 0 amide bonds. The lowest BCUT2D eigenvalue weighted by atomic mass is 10.2. The van der Waals surface area contributed by atoms with Crippen molar-refractivity contribution in [1.29, 1.82) is 0 Å². The number of hydrogen-bond donors (Lipinski definition) is 2. The number of ether oxygens (including phenoxy) is 1. The molecule has 5 heteroatoms. The maximum absolute atomic E-state index is 8.99. The highest BCUT2D eigenvalue weighted by Crippen LogP contribution is 2.27. The molecule has 1 unspecified atom stereocenters. The van der Waals surface area contributed by atoms with Crippen molar-refractivity contribution in [1.82, 2.24) is 4.98 Å². The van der Waals surface area contributed by atoms with E-state index in [-0.39, 0.29) is 6.61 Å². The van der Waals surface area contributed by atoms with E-state index in [1.807, 2.05) is 36.6 Å². The van der Waals surface area contributed by atoms with E-state index in [9.17, 15) is 0 Å². The Labute approximate surface area is 110 Å². The molecule has 0 saturated heterocycles. The van der Waals surface area contributed by atoms with Crippen LogP contribution in [0, 0.1) is 0 Å². The number of hydrogen-bond acceptors (Lipinski definition) is 5. The molecular weight excluding hydrogens is 248 g/mol. The van der Waals surface area contributed by atoms with Gasteiger partial charge in [-0.3, -0.25) is 0 Å². The third-order valence-electron chi connectivity index (χ3n) is 2.51. The first-order chi connectivity index (χ1) is 8.74. The van der Waals surface area contributed by atoms with Crippen molar-refractivity contribution in [3.8, 4) is 16.3 Å². The third kappa shape index (κ3) is 2.87. The summed E-state index contributed by atoms with van der Waals surface area (Å²) in [6, 6.07) is 7.38. The Bertz CT molecular complexity index is 496. The van der Waals surface area contributed by atoms with Gasteiger partial charge in [0.15, 0.2) is 0 Å². The minimum atomic E-state index is -0.405. The Hall–Kier alpha value is -1.43. The molecule has 0 aliphatic heterocycles. The fraction of sp³-hybridized carbons (Fsp3) is 0.308. The molecule has 3 N–H and O–H groups in total. The highest BCUT2D eigenvalue weighted by atomic mass is 32.1. The van der Waals surface area contributed by atoms with Crippen LogP contribution in [0.15, 0.2) is 29.6 Å². The largest absolute Gasteiger partial charge is 0.494 e. The number of aliphatic hydroxyl groups excluding tert-OH is 1. The lowest BCUT2D eigenvalue weighted by Crippen LogP contribution is -2.14. The number of nitrogens with two attached hydrogens (primary N) is 1. The van der Waals surface area contributed by atoms with Gasteiger partial charge in [-0.1, -0.05) is 0 Å². The number of benzene rings is 1. The normalized spacial score (nSPS) is 12.4. The van der Waals surface area contributed by atoms with E-state index >= 15 is 0 Å². The molecule has 2 rings (SSSR count). The van der Waals surface area contributed by atoms with Crippen molar-refractivity contribution in [2.24, 2.45) is 5.73 Å². The summed E-state index contributed by atoms with van der Waals surface area (Å²) in [5.41, 5.74) is 7.48. The van der Waals surface area contributed by atoms with Gasteiger partial charge in [0.1, 0.15) is 10.8 Å². The van der Waals surface area contributed by atoms with Crippen LogP contribution in [-0.4, -0.2) is 23.3 Å². The van der Waals surface area contributed by atoms with Gasteiger partial charge in [-0.05, 0) is 31.2 Å². The predicted molar refractivity (Wildman–Crippen MR) is 72.7 cm³/mol. The first-order valence-electron chi connectivity index (χ1n) is 5.79. The van der Waals surface area contributed by atoms with Gasteiger partial charge in [0.25, 0.3) is 0 Å². The zero-order chi connectivity index (χ0) is 13.0.